The van der Waals surface area contributed by atoms with Crippen molar-refractivity contribution in [2.75, 3.05) is 17.2 Å². The summed E-state index contributed by atoms with van der Waals surface area (Å²) in [6, 6.07) is 8.83. The van der Waals surface area contributed by atoms with Crippen molar-refractivity contribution in [2.24, 2.45) is 0 Å². The summed E-state index contributed by atoms with van der Waals surface area (Å²) in [5.74, 6) is -2.82. The highest BCUT2D eigenvalue weighted by atomic mass is 19.1. The van der Waals surface area contributed by atoms with Crippen LogP contribution >= 0.6 is 0 Å². The van der Waals surface area contributed by atoms with Crippen LogP contribution in [0.2, 0.25) is 0 Å². The van der Waals surface area contributed by atoms with Crippen LogP contribution in [0.1, 0.15) is 17.3 Å². The summed E-state index contributed by atoms with van der Waals surface area (Å²) in [6.07, 6.45) is 1.00. The molecular formula is C19H15F2N5O4. The Morgan fingerprint density at radius 1 is 1.10 bits per heavy atom. The SMILES string of the molecule is CCOC(=O)c1ccccc1Nc1ncnc(Nc2cc(F)ccc2F)c1[N+](=O)[O-]. The maximum absolute atomic E-state index is 13.9. The van der Waals surface area contributed by atoms with Crippen LogP contribution in [0, 0.1) is 21.7 Å². The molecule has 0 atom stereocenters. The summed E-state index contributed by atoms with van der Waals surface area (Å²) < 4.78 is 32.3. The Labute approximate surface area is 168 Å². The van der Waals surface area contributed by atoms with Gasteiger partial charge < -0.3 is 15.4 Å². The molecule has 0 amide bonds. The Hall–Kier alpha value is -4.15. The van der Waals surface area contributed by atoms with Crippen LogP contribution in [0.3, 0.4) is 0 Å². The Morgan fingerprint density at radius 3 is 2.43 bits per heavy atom. The molecule has 2 N–H and O–H groups in total. The largest absolute Gasteiger partial charge is 0.462 e. The van der Waals surface area contributed by atoms with Crippen molar-refractivity contribution in [2.45, 2.75) is 6.92 Å². The topological polar surface area (TPSA) is 119 Å². The molecule has 0 aliphatic rings. The number of aromatic nitrogens is 2. The first-order valence-electron chi connectivity index (χ1n) is 8.65. The van der Waals surface area contributed by atoms with Gasteiger partial charge in [-0.1, -0.05) is 12.1 Å². The second kappa shape index (κ2) is 8.90. The van der Waals surface area contributed by atoms with E-state index in [2.05, 4.69) is 20.6 Å². The molecule has 0 spiro atoms. The second-order valence-corrected chi connectivity index (χ2v) is 5.82. The average molecular weight is 415 g/mol. The van der Waals surface area contributed by atoms with E-state index in [1.54, 1.807) is 19.1 Å². The van der Waals surface area contributed by atoms with Crippen LogP contribution in [0.5, 0.6) is 0 Å². The predicted molar refractivity (Wildman–Crippen MR) is 104 cm³/mol. The number of rotatable bonds is 7. The minimum Gasteiger partial charge on any atom is -0.462 e. The fraction of sp³-hybridized carbons (Fsp3) is 0.105. The molecule has 3 rings (SSSR count). The van der Waals surface area contributed by atoms with Crippen LogP contribution in [-0.2, 0) is 4.74 Å². The van der Waals surface area contributed by atoms with E-state index in [1.165, 1.54) is 12.1 Å². The molecule has 11 heteroatoms. The number of benzene rings is 2. The molecule has 0 aliphatic carbocycles. The number of carbonyl (C=O) groups is 1. The molecule has 1 heterocycles. The minimum absolute atomic E-state index is 0.137. The van der Waals surface area contributed by atoms with E-state index < -0.39 is 28.2 Å². The monoisotopic (exact) mass is 415 g/mol. The first kappa shape index (κ1) is 20.6. The number of esters is 1. The molecule has 30 heavy (non-hydrogen) atoms. The lowest BCUT2D eigenvalue weighted by molar-refractivity contribution is -0.383. The summed E-state index contributed by atoms with van der Waals surface area (Å²) in [4.78, 5) is 30.7. The zero-order chi connectivity index (χ0) is 21.7. The number of nitro groups is 1. The van der Waals surface area contributed by atoms with Crippen molar-refractivity contribution < 1.29 is 23.2 Å². The average Bonchev–Trinajstić information content (AvgIpc) is 2.71. The molecule has 0 bridgehead atoms. The van der Waals surface area contributed by atoms with E-state index in [0.717, 1.165) is 24.5 Å². The molecule has 0 unspecified atom stereocenters. The number of hydrogen-bond donors (Lipinski definition) is 2. The number of ether oxygens (including phenoxy) is 1. The standard InChI is InChI=1S/C19H15F2N5O4/c1-2-30-19(27)12-5-3-4-6-14(12)24-17-16(26(28)29)18(23-10-22-17)25-15-9-11(20)7-8-13(15)21/h3-10H,2H2,1H3,(H2,22,23,24,25). The van der Waals surface area contributed by atoms with Crippen LogP contribution in [0.25, 0.3) is 0 Å². The van der Waals surface area contributed by atoms with Gasteiger partial charge in [0.1, 0.15) is 18.0 Å². The lowest BCUT2D eigenvalue weighted by Crippen LogP contribution is -2.10. The minimum atomic E-state index is -0.827. The first-order valence-corrected chi connectivity index (χ1v) is 8.65. The van der Waals surface area contributed by atoms with Gasteiger partial charge in [0.2, 0.25) is 11.6 Å². The van der Waals surface area contributed by atoms with Gasteiger partial charge in [0.25, 0.3) is 0 Å². The second-order valence-electron chi connectivity index (χ2n) is 5.82. The Kier molecular flexibility index (Phi) is 6.11. The summed E-state index contributed by atoms with van der Waals surface area (Å²) >= 11 is 0. The highest BCUT2D eigenvalue weighted by molar-refractivity contribution is 5.97. The smallest absolute Gasteiger partial charge is 0.353 e. The summed E-state index contributed by atoms with van der Waals surface area (Å²) in [5.41, 5.74) is -0.618. The first-order chi connectivity index (χ1) is 14.4. The van der Waals surface area contributed by atoms with Crippen LogP contribution in [-0.4, -0.2) is 27.5 Å². The molecule has 0 radical (unpaired) electrons. The van der Waals surface area contributed by atoms with Crippen molar-refractivity contribution in [3.63, 3.8) is 0 Å². The van der Waals surface area contributed by atoms with Crippen molar-refractivity contribution in [3.05, 3.63) is 76.1 Å². The van der Waals surface area contributed by atoms with E-state index in [0.29, 0.717) is 0 Å². The van der Waals surface area contributed by atoms with Gasteiger partial charge >= 0.3 is 11.7 Å². The molecular weight excluding hydrogens is 400 g/mol. The third-order valence-corrected chi connectivity index (χ3v) is 3.86. The molecule has 9 nitrogen and oxygen atoms in total. The maximum Gasteiger partial charge on any atom is 0.353 e. The normalized spacial score (nSPS) is 10.4. The van der Waals surface area contributed by atoms with Crippen LogP contribution in [0.4, 0.5) is 37.5 Å². The van der Waals surface area contributed by atoms with Crippen molar-refractivity contribution in [1.82, 2.24) is 9.97 Å². The van der Waals surface area contributed by atoms with Gasteiger partial charge in [-0.25, -0.2) is 23.5 Å². The van der Waals surface area contributed by atoms with E-state index in [1.807, 2.05) is 0 Å². The molecule has 3 aromatic rings. The lowest BCUT2D eigenvalue weighted by Gasteiger charge is -2.12. The van der Waals surface area contributed by atoms with Gasteiger partial charge in [0, 0.05) is 6.07 Å². The van der Waals surface area contributed by atoms with Crippen molar-refractivity contribution in [1.29, 1.82) is 0 Å². The van der Waals surface area contributed by atoms with E-state index in [-0.39, 0.29) is 35.2 Å². The molecule has 0 saturated carbocycles. The zero-order valence-corrected chi connectivity index (χ0v) is 15.6. The lowest BCUT2D eigenvalue weighted by atomic mass is 10.1. The fourth-order valence-corrected chi connectivity index (χ4v) is 2.56. The van der Waals surface area contributed by atoms with E-state index >= 15 is 0 Å². The number of hydrogen-bond acceptors (Lipinski definition) is 8. The third kappa shape index (κ3) is 4.46. The van der Waals surface area contributed by atoms with Gasteiger partial charge in [-0.05, 0) is 31.2 Å². The van der Waals surface area contributed by atoms with Crippen molar-refractivity contribution in [3.8, 4) is 0 Å². The number of nitrogens with one attached hydrogen (secondary N) is 2. The van der Waals surface area contributed by atoms with Gasteiger partial charge in [-0.3, -0.25) is 10.1 Å². The quantitative estimate of drug-likeness (QED) is 0.332. The van der Waals surface area contributed by atoms with Gasteiger partial charge in [-0.15, -0.1) is 0 Å². The Balaban J connectivity index is 2.02. The summed E-state index contributed by atoms with van der Waals surface area (Å²) in [7, 11) is 0. The number of anilines is 4. The van der Waals surface area contributed by atoms with Gasteiger partial charge in [0.05, 0.1) is 28.5 Å². The van der Waals surface area contributed by atoms with Crippen LogP contribution < -0.4 is 10.6 Å². The highest BCUT2D eigenvalue weighted by Crippen LogP contribution is 2.34. The number of halogens is 2. The Morgan fingerprint density at radius 2 is 1.77 bits per heavy atom. The van der Waals surface area contributed by atoms with Crippen LogP contribution in [0.15, 0.2) is 48.8 Å². The van der Waals surface area contributed by atoms with E-state index in [4.69, 9.17) is 4.74 Å². The molecule has 1 aromatic heterocycles. The van der Waals surface area contributed by atoms with Gasteiger partial charge in [0.15, 0.2) is 0 Å². The number of carbonyl (C=O) groups excluding carboxylic acids is 1. The predicted octanol–water partition coefficient (Wildman–Crippen LogP) is 4.33. The number of para-hydroxylation sites is 1. The van der Waals surface area contributed by atoms with E-state index in [9.17, 15) is 23.7 Å². The molecule has 154 valence electrons. The summed E-state index contributed by atoms with van der Waals surface area (Å²) in [5, 5.41) is 16.8. The zero-order valence-electron chi connectivity index (χ0n) is 15.6. The highest BCUT2D eigenvalue weighted by Gasteiger charge is 2.25. The fourth-order valence-electron chi connectivity index (χ4n) is 2.56. The third-order valence-electron chi connectivity index (χ3n) is 3.86. The molecule has 0 fully saturated rings. The van der Waals surface area contributed by atoms with Gasteiger partial charge in [-0.2, -0.15) is 0 Å². The number of nitrogens with zero attached hydrogens (tertiary/aromatic N) is 3. The van der Waals surface area contributed by atoms with Crippen molar-refractivity contribution >= 4 is 34.7 Å². The Bertz CT molecular complexity index is 1110. The summed E-state index contributed by atoms with van der Waals surface area (Å²) in [6.45, 7) is 1.79. The maximum atomic E-state index is 13.9. The molecule has 0 aliphatic heterocycles. The molecule has 0 saturated heterocycles. The molecule has 2 aromatic carbocycles.